The van der Waals surface area contributed by atoms with Crippen LogP contribution in [0.15, 0.2) is 24.3 Å². The van der Waals surface area contributed by atoms with Crippen LogP contribution in [-0.4, -0.2) is 21.1 Å². The molecule has 0 atom stereocenters. The SMILES string of the molecule is O=[N+]([O-])C(Cc1ccccc1O)[N+](=O)[O-]. The van der Waals surface area contributed by atoms with Crippen molar-refractivity contribution in [3.63, 3.8) is 0 Å². The summed E-state index contributed by atoms with van der Waals surface area (Å²) in [6.07, 6.45) is -2.34. The number of nitrogens with zero attached hydrogens (tertiary/aromatic N) is 2. The fourth-order valence-electron chi connectivity index (χ4n) is 1.11. The highest BCUT2D eigenvalue weighted by Crippen LogP contribution is 2.18. The summed E-state index contributed by atoms with van der Waals surface area (Å²) >= 11 is 0. The quantitative estimate of drug-likeness (QED) is 0.451. The predicted octanol–water partition coefficient (Wildman–Crippen LogP) is 0.814. The lowest BCUT2D eigenvalue weighted by molar-refractivity contribution is -0.741. The summed E-state index contributed by atoms with van der Waals surface area (Å²) in [5.74, 6) is -0.175. The van der Waals surface area contributed by atoms with Crippen LogP contribution in [0.3, 0.4) is 0 Å². The van der Waals surface area contributed by atoms with E-state index in [1.165, 1.54) is 18.2 Å². The highest BCUT2D eigenvalue weighted by Gasteiger charge is 2.32. The number of hydrogen-bond donors (Lipinski definition) is 1. The molecule has 0 fully saturated rings. The van der Waals surface area contributed by atoms with Crippen LogP contribution in [0.4, 0.5) is 0 Å². The molecule has 1 aromatic carbocycles. The lowest BCUT2D eigenvalue weighted by Gasteiger charge is -2.03. The van der Waals surface area contributed by atoms with E-state index in [2.05, 4.69) is 0 Å². The van der Waals surface area contributed by atoms with Crippen LogP contribution < -0.4 is 0 Å². The normalized spacial score (nSPS) is 10.2. The molecule has 0 aliphatic rings. The lowest BCUT2D eigenvalue weighted by atomic mass is 10.1. The van der Waals surface area contributed by atoms with Gasteiger partial charge in [-0.2, -0.15) is 0 Å². The Balaban J connectivity index is 2.88. The summed E-state index contributed by atoms with van der Waals surface area (Å²) in [6, 6.07) is 5.82. The van der Waals surface area contributed by atoms with E-state index < -0.39 is 22.4 Å². The Morgan fingerprint density at radius 2 is 1.73 bits per heavy atom. The maximum atomic E-state index is 10.3. The van der Waals surface area contributed by atoms with Crippen molar-refractivity contribution in [2.24, 2.45) is 0 Å². The van der Waals surface area contributed by atoms with E-state index in [0.717, 1.165) is 0 Å². The van der Waals surface area contributed by atoms with E-state index in [-0.39, 0.29) is 11.3 Å². The molecule has 80 valence electrons. The summed E-state index contributed by atoms with van der Waals surface area (Å²) in [6.45, 7) is 0. The molecule has 0 aliphatic carbocycles. The number of benzene rings is 1. The van der Waals surface area contributed by atoms with E-state index in [4.69, 9.17) is 0 Å². The molecule has 0 radical (unpaired) electrons. The van der Waals surface area contributed by atoms with E-state index in [0.29, 0.717) is 0 Å². The van der Waals surface area contributed by atoms with Crippen molar-refractivity contribution in [3.8, 4) is 5.75 Å². The molecule has 1 aromatic rings. The topological polar surface area (TPSA) is 107 Å². The minimum absolute atomic E-state index is 0.175. The zero-order valence-corrected chi connectivity index (χ0v) is 7.57. The Labute approximate surface area is 84.3 Å². The van der Waals surface area contributed by atoms with Gasteiger partial charge >= 0.3 is 6.17 Å². The first-order valence-electron chi connectivity index (χ1n) is 4.06. The first kappa shape index (κ1) is 10.9. The van der Waals surface area contributed by atoms with E-state index in [1.807, 2.05) is 0 Å². The summed E-state index contributed by atoms with van der Waals surface area (Å²) in [5.41, 5.74) is 0.191. The average molecular weight is 212 g/mol. The molecule has 7 nitrogen and oxygen atoms in total. The minimum Gasteiger partial charge on any atom is -0.508 e. The Bertz CT molecular complexity index is 378. The van der Waals surface area contributed by atoms with Crippen molar-refractivity contribution in [2.75, 3.05) is 0 Å². The summed E-state index contributed by atoms with van der Waals surface area (Å²) in [7, 11) is 0. The second kappa shape index (κ2) is 4.36. The second-order valence-electron chi connectivity index (χ2n) is 2.88. The fourth-order valence-corrected chi connectivity index (χ4v) is 1.11. The van der Waals surface area contributed by atoms with Gasteiger partial charge in [0.05, 0.1) is 9.85 Å². The Morgan fingerprint density at radius 1 is 1.20 bits per heavy atom. The number of aromatic hydroxyl groups is 1. The molecule has 0 spiro atoms. The first-order chi connectivity index (χ1) is 7.02. The van der Waals surface area contributed by atoms with E-state index in [1.54, 1.807) is 6.07 Å². The van der Waals surface area contributed by atoms with Crippen molar-refractivity contribution in [1.29, 1.82) is 0 Å². The third-order valence-electron chi connectivity index (χ3n) is 1.88. The van der Waals surface area contributed by atoms with Gasteiger partial charge in [-0.1, -0.05) is 18.2 Å². The van der Waals surface area contributed by atoms with Crippen LogP contribution in [0.2, 0.25) is 0 Å². The molecule has 7 heteroatoms. The van der Waals surface area contributed by atoms with Crippen molar-refractivity contribution in [2.45, 2.75) is 12.6 Å². The molecule has 1 rings (SSSR count). The molecule has 0 bridgehead atoms. The Kier molecular flexibility index (Phi) is 3.17. The third kappa shape index (κ3) is 2.63. The van der Waals surface area contributed by atoms with Gasteiger partial charge in [-0.3, -0.25) is 20.2 Å². The maximum absolute atomic E-state index is 10.3. The van der Waals surface area contributed by atoms with Gasteiger partial charge in [-0.25, -0.2) is 0 Å². The largest absolute Gasteiger partial charge is 0.508 e. The van der Waals surface area contributed by atoms with Gasteiger partial charge in [0.1, 0.15) is 12.2 Å². The van der Waals surface area contributed by atoms with Gasteiger partial charge < -0.3 is 5.11 Å². The number of nitro groups is 2. The van der Waals surface area contributed by atoms with Crippen LogP contribution in [0.1, 0.15) is 5.56 Å². The highest BCUT2D eigenvalue weighted by atomic mass is 16.7. The van der Waals surface area contributed by atoms with Crippen LogP contribution in [0.5, 0.6) is 5.75 Å². The van der Waals surface area contributed by atoms with E-state index in [9.17, 15) is 25.3 Å². The van der Waals surface area contributed by atoms with Crippen LogP contribution in [0, 0.1) is 20.2 Å². The maximum Gasteiger partial charge on any atom is 0.454 e. The number of para-hydroxylation sites is 1. The molecule has 0 aliphatic heterocycles. The van der Waals surface area contributed by atoms with Crippen LogP contribution in [-0.2, 0) is 6.42 Å². The zero-order valence-electron chi connectivity index (χ0n) is 7.57. The molecule has 0 unspecified atom stereocenters. The molecule has 0 saturated carbocycles. The van der Waals surface area contributed by atoms with Crippen molar-refractivity contribution < 1.29 is 15.0 Å². The molecule has 0 amide bonds. The predicted molar refractivity (Wildman–Crippen MR) is 49.6 cm³/mol. The average Bonchev–Trinajstić information content (AvgIpc) is 2.15. The lowest BCUT2D eigenvalue weighted by Crippen LogP contribution is -2.30. The van der Waals surface area contributed by atoms with Gasteiger partial charge in [-0.15, -0.1) is 0 Å². The van der Waals surface area contributed by atoms with Gasteiger partial charge in [0.25, 0.3) is 0 Å². The van der Waals surface area contributed by atoms with E-state index >= 15 is 0 Å². The number of phenols is 1. The Morgan fingerprint density at radius 3 is 2.20 bits per heavy atom. The summed E-state index contributed by atoms with van der Waals surface area (Å²) in [4.78, 5) is 18.7. The molecule has 1 N–H and O–H groups in total. The summed E-state index contributed by atoms with van der Waals surface area (Å²) < 4.78 is 0. The molecule has 0 aromatic heterocycles. The van der Waals surface area contributed by atoms with Crippen molar-refractivity contribution in [3.05, 3.63) is 50.1 Å². The highest BCUT2D eigenvalue weighted by molar-refractivity contribution is 5.31. The van der Waals surface area contributed by atoms with Crippen molar-refractivity contribution >= 4 is 0 Å². The zero-order chi connectivity index (χ0) is 11.4. The molecule has 0 heterocycles. The smallest absolute Gasteiger partial charge is 0.454 e. The number of phenolic OH excluding ortho intramolecular Hbond substituents is 1. The molecular formula is C8H8N2O5. The van der Waals surface area contributed by atoms with Gasteiger partial charge in [0.2, 0.25) is 0 Å². The van der Waals surface area contributed by atoms with Gasteiger partial charge in [-0.05, 0) is 6.07 Å². The van der Waals surface area contributed by atoms with Crippen LogP contribution in [0.25, 0.3) is 0 Å². The molecule has 15 heavy (non-hydrogen) atoms. The molecular weight excluding hydrogens is 204 g/mol. The third-order valence-corrected chi connectivity index (χ3v) is 1.88. The van der Waals surface area contributed by atoms with Gasteiger partial charge in [0.15, 0.2) is 0 Å². The standard InChI is InChI=1S/C8H8N2O5/c11-7-4-2-1-3-6(7)5-8(9(12)13)10(14)15/h1-4,8,11H,5H2. The first-order valence-corrected chi connectivity index (χ1v) is 4.06. The van der Waals surface area contributed by atoms with Crippen molar-refractivity contribution in [1.82, 2.24) is 0 Å². The molecule has 0 saturated heterocycles. The van der Waals surface area contributed by atoms with Gasteiger partial charge in [0, 0.05) is 5.56 Å². The van der Waals surface area contributed by atoms with Crippen LogP contribution >= 0.6 is 0 Å². The Hall–Kier alpha value is -2.18. The number of rotatable bonds is 4. The summed E-state index contributed by atoms with van der Waals surface area (Å²) in [5, 5.41) is 30.0. The number of hydrogen-bond acceptors (Lipinski definition) is 5. The monoisotopic (exact) mass is 212 g/mol. The minimum atomic E-state index is -1.92. The fraction of sp³-hybridized carbons (Fsp3) is 0.250. The second-order valence-corrected chi connectivity index (χ2v) is 2.88.